The maximum absolute atomic E-state index is 6.58. The fourth-order valence-electron chi connectivity index (χ4n) is 7.64. The van der Waals surface area contributed by atoms with Gasteiger partial charge >= 0.3 is 0 Å². The monoisotopic (exact) mass is 590 g/mol. The summed E-state index contributed by atoms with van der Waals surface area (Å²) in [5, 5.41) is 2.53. The largest absolute Gasteiger partial charge is 0.457 e. The highest BCUT2D eigenvalue weighted by molar-refractivity contribution is 6.12. The van der Waals surface area contributed by atoms with E-state index in [1.54, 1.807) is 0 Å². The smallest absolute Gasteiger partial charge is 0.137 e. The molecule has 5 heteroatoms. The second kappa shape index (κ2) is 9.31. The fourth-order valence-corrected chi connectivity index (χ4v) is 7.64. The number of para-hydroxylation sites is 2. The Morgan fingerprint density at radius 3 is 2.29 bits per heavy atom. The Kier molecular flexibility index (Phi) is 5.71. The Labute approximate surface area is 264 Å². The number of hydrogen-bond acceptors (Lipinski definition) is 3. The summed E-state index contributed by atoms with van der Waals surface area (Å²) in [6.07, 6.45) is 3.77. The predicted molar refractivity (Wildman–Crippen MR) is 184 cm³/mol. The molecular formula is C40H38N4O. The van der Waals surface area contributed by atoms with Crippen LogP contribution in [0.1, 0.15) is 58.2 Å². The molecule has 0 bridgehead atoms. The van der Waals surface area contributed by atoms with E-state index in [1.807, 2.05) is 48.9 Å². The Balaban J connectivity index is 1.32. The summed E-state index contributed by atoms with van der Waals surface area (Å²) in [7, 11) is 0. The van der Waals surface area contributed by atoms with Crippen molar-refractivity contribution in [3.05, 3.63) is 120 Å². The van der Waals surface area contributed by atoms with Gasteiger partial charge in [0.25, 0.3) is 0 Å². The van der Waals surface area contributed by atoms with Gasteiger partial charge < -0.3 is 4.74 Å². The van der Waals surface area contributed by atoms with E-state index in [-0.39, 0.29) is 16.2 Å². The molecule has 0 amide bonds. The lowest BCUT2D eigenvalue weighted by Crippen LogP contribution is -2.42. The van der Waals surface area contributed by atoms with E-state index < -0.39 is 0 Å². The van der Waals surface area contributed by atoms with E-state index in [0.717, 1.165) is 39.6 Å². The first-order valence-electron chi connectivity index (χ1n) is 15.7. The first-order chi connectivity index (χ1) is 21.5. The summed E-state index contributed by atoms with van der Waals surface area (Å²) in [4.78, 5) is 9.44. The predicted octanol–water partition coefficient (Wildman–Crippen LogP) is 10.2. The molecule has 0 radical (unpaired) electrons. The summed E-state index contributed by atoms with van der Waals surface area (Å²) >= 11 is 0. The summed E-state index contributed by atoms with van der Waals surface area (Å²) < 4.78 is 11.0. The molecule has 1 aliphatic rings. The minimum Gasteiger partial charge on any atom is -0.457 e. The molecule has 0 saturated heterocycles. The molecule has 45 heavy (non-hydrogen) atoms. The molecule has 0 fully saturated rings. The summed E-state index contributed by atoms with van der Waals surface area (Å²) in [6.45, 7) is 16.6. The minimum absolute atomic E-state index is 0.0185. The van der Waals surface area contributed by atoms with Gasteiger partial charge in [0, 0.05) is 29.1 Å². The van der Waals surface area contributed by atoms with Crippen molar-refractivity contribution < 1.29 is 4.74 Å². The average molecular weight is 591 g/mol. The van der Waals surface area contributed by atoms with E-state index >= 15 is 0 Å². The molecule has 0 aliphatic heterocycles. The molecule has 8 rings (SSSR count). The number of hydrogen-bond donors (Lipinski definition) is 0. The Hall–Kier alpha value is -4.90. The zero-order valence-electron chi connectivity index (χ0n) is 27.0. The van der Waals surface area contributed by atoms with Gasteiger partial charge in [-0.25, -0.2) is 9.97 Å². The zero-order chi connectivity index (χ0) is 31.3. The van der Waals surface area contributed by atoms with Gasteiger partial charge in [-0.15, -0.1) is 0 Å². The number of aromatic nitrogens is 4. The summed E-state index contributed by atoms with van der Waals surface area (Å²) in [5.41, 5.74) is 9.38. The molecule has 0 spiro atoms. The molecule has 0 saturated carbocycles. The van der Waals surface area contributed by atoms with Crippen molar-refractivity contribution in [1.29, 1.82) is 0 Å². The van der Waals surface area contributed by atoms with Gasteiger partial charge in [0.2, 0.25) is 0 Å². The highest BCUT2D eigenvalue weighted by atomic mass is 16.5. The highest BCUT2D eigenvalue weighted by Crippen LogP contribution is 2.63. The van der Waals surface area contributed by atoms with Crippen LogP contribution in [0, 0.1) is 12.3 Å². The van der Waals surface area contributed by atoms with Crippen LogP contribution in [0.2, 0.25) is 0 Å². The second-order valence-corrected chi connectivity index (χ2v) is 14.2. The number of ether oxygens (including phenoxy) is 1. The lowest BCUT2D eigenvalue weighted by atomic mass is 9.59. The second-order valence-electron chi connectivity index (χ2n) is 14.2. The van der Waals surface area contributed by atoms with E-state index in [9.17, 15) is 0 Å². The number of fused-ring (bicyclic) bond motifs is 6. The van der Waals surface area contributed by atoms with Crippen molar-refractivity contribution in [2.45, 2.75) is 59.3 Å². The molecule has 4 aromatic carbocycles. The van der Waals surface area contributed by atoms with Crippen molar-refractivity contribution in [2.75, 3.05) is 0 Å². The van der Waals surface area contributed by atoms with Crippen molar-refractivity contribution in [3.8, 4) is 23.0 Å². The Morgan fingerprint density at radius 1 is 0.667 bits per heavy atom. The quantitative estimate of drug-likeness (QED) is 0.205. The SMILES string of the molecule is Cc1ccnc(-n2c3cc(Oc4cccc(-n5cnc6ccccc65)c4)ccc3c3c4c(ccc32)C(C)(C)C(C)(C)C4(C)C)c1. The van der Waals surface area contributed by atoms with Crippen molar-refractivity contribution in [2.24, 2.45) is 5.41 Å². The first-order valence-corrected chi connectivity index (χ1v) is 15.7. The van der Waals surface area contributed by atoms with Crippen LogP contribution >= 0.6 is 0 Å². The third kappa shape index (κ3) is 3.79. The van der Waals surface area contributed by atoms with Crippen LogP contribution in [-0.4, -0.2) is 19.1 Å². The third-order valence-electron chi connectivity index (χ3n) is 11.2. The molecule has 0 unspecified atom stereocenters. The number of pyridine rings is 1. The van der Waals surface area contributed by atoms with E-state index in [1.165, 1.54) is 33.0 Å². The number of benzene rings is 4. The first kappa shape index (κ1) is 27.6. The third-order valence-corrected chi connectivity index (χ3v) is 11.2. The van der Waals surface area contributed by atoms with Crippen molar-refractivity contribution in [3.63, 3.8) is 0 Å². The standard InChI is InChI=1S/C40H38N4O/c1-25-19-20-41-35(21-25)44-33-18-17-30-37(39(4,5)40(6,7)38(30,2)3)36(33)29-16-15-28(23-34(29)44)45-27-12-10-11-26(22-27)43-24-42-31-13-8-9-14-32(31)43/h8-24H,1-7H3. The lowest BCUT2D eigenvalue weighted by molar-refractivity contribution is 0.125. The molecule has 0 N–H and O–H groups in total. The van der Waals surface area contributed by atoms with E-state index in [4.69, 9.17) is 9.72 Å². The summed E-state index contributed by atoms with van der Waals surface area (Å²) in [6, 6.07) is 31.7. The number of nitrogens with zero attached hydrogens (tertiary/aromatic N) is 4. The zero-order valence-corrected chi connectivity index (χ0v) is 27.0. The molecule has 1 aliphatic carbocycles. The average Bonchev–Trinajstić information content (AvgIpc) is 3.62. The molecule has 224 valence electrons. The molecule has 3 aromatic heterocycles. The van der Waals surface area contributed by atoms with Crippen LogP contribution in [0.5, 0.6) is 11.5 Å². The van der Waals surface area contributed by atoms with Gasteiger partial charge in [-0.1, -0.05) is 65.8 Å². The van der Waals surface area contributed by atoms with Gasteiger partial charge in [-0.3, -0.25) is 9.13 Å². The van der Waals surface area contributed by atoms with Gasteiger partial charge in [-0.05, 0) is 94.5 Å². The molecule has 7 aromatic rings. The van der Waals surface area contributed by atoms with Crippen molar-refractivity contribution in [1.82, 2.24) is 19.1 Å². The maximum Gasteiger partial charge on any atom is 0.137 e. The van der Waals surface area contributed by atoms with Gasteiger partial charge in [0.05, 0.1) is 27.8 Å². The highest BCUT2D eigenvalue weighted by Gasteiger charge is 2.57. The van der Waals surface area contributed by atoms with Crippen molar-refractivity contribution >= 4 is 32.8 Å². The number of rotatable bonds is 4. The Morgan fingerprint density at radius 2 is 1.47 bits per heavy atom. The van der Waals surface area contributed by atoms with Crippen LogP contribution in [0.25, 0.3) is 44.3 Å². The molecule has 5 nitrogen and oxygen atoms in total. The molecular weight excluding hydrogens is 552 g/mol. The summed E-state index contributed by atoms with van der Waals surface area (Å²) in [5.74, 6) is 2.46. The topological polar surface area (TPSA) is 44.9 Å². The van der Waals surface area contributed by atoms with E-state index in [2.05, 4.69) is 117 Å². The Bertz CT molecular complexity index is 2300. The fraction of sp³-hybridized carbons (Fsp3) is 0.250. The van der Waals surface area contributed by atoms with Crippen LogP contribution in [0.4, 0.5) is 0 Å². The molecule has 3 heterocycles. The minimum atomic E-state index is -0.0441. The molecule has 0 atom stereocenters. The van der Waals surface area contributed by atoms with Gasteiger partial charge in [0.1, 0.15) is 23.6 Å². The maximum atomic E-state index is 6.58. The van der Waals surface area contributed by atoms with Crippen LogP contribution < -0.4 is 4.74 Å². The van der Waals surface area contributed by atoms with Crippen LogP contribution in [0.3, 0.4) is 0 Å². The lowest BCUT2D eigenvalue weighted by Gasteiger charge is -2.44. The van der Waals surface area contributed by atoms with Gasteiger partial charge in [0.15, 0.2) is 0 Å². The number of imidazole rings is 1. The number of aryl methyl sites for hydroxylation is 1. The van der Waals surface area contributed by atoms with Crippen LogP contribution in [0.15, 0.2) is 104 Å². The van der Waals surface area contributed by atoms with Crippen LogP contribution in [-0.2, 0) is 10.8 Å². The van der Waals surface area contributed by atoms with E-state index in [0.29, 0.717) is 0 Å². The normalized spacial score (nSPS) is 16.4. The van der Waals surface area contributed by atoms with Gasteiger partial charge in [-0.2, -0.15) is 0 Å².